The van der Waals surface area contributed by atoms with E-state index in [1.54, 1.807) is 0 Å². The zero-order valence-corrected chi connectivity index (χ0v) is 14.7. The van der Waals surface area contributed by atoms with Crippen molar-refractivity contribution in [3.63, 3.8) is 0 Å². The highest BCUT2D eigenvalue weighted by atomic mass is 16.5. The molecule has 0 atom stereocenters. The second-order valence-corrected chi connectivity index (χ2v) is 6.87. The summed E-state index contributed by atoms with van der Waals surface area (Å²) in [5.41, 5.74) is 6.50. The minimum absolute atomic E-state index is 0.712. The van der Waals surface area contributed by atoms with E-state index in [4.69, 9.17) is 9.47 Å². The molecule has 132 valence electrons. The number of rotatable bonds is 0. The van der Waals surface area contributed by atoms with Crippen LogP contribution in [0.1, 0.15) is 29.7 Å². The third kappa shape index (κ3) is 2.62. The van der Waals surface area contributed by atoms with Crippen LogP contribution in [0.2, 0.25) is 0 Å². The molecule has 0 bridgehead atoms. The van der Waals surface area contributed by atoms with Crippen molar-refractivity contribution in [1.82, 2.24) is 9.97 Å². The molecule has 4 heteroatoms. The number of allylic oxidation sites excluding steroid dienone is 2. The van der Waals surface area contributed by atoms with Crippen molar-refractivity contribution >= 4 is 16.7 Å². The number of benzene rings is 1. The van der Waals surface area contributed by atoms with E-state index in [-0.39, 0.29) is 0 Å². The normalized spacial score (nSPS) is 17.4. The third-order valence-electron chi connectivity index (χ3n) is 5.28. The van der Waals surface area contributed by atoms with E-state index in [0.29, 0.717) is 6.61 Å². The topological polar surface area (TPSA) is 50.0 Å². The van der Waals surface area contributed by atoms with Crippen LogP contribution < -0.4 is 4.74 Å². The highest BCUT2D eigenvalue weighted by molar-refractivity contribution is 5.85. The number of aryl methyl sites for hydroxylation is 2. The van der Waals surface area contributed by atoms with Gasteiger partial charge in [-0.1, -0.05) is 6.08 Å². The molecule has 2 aromatic heterocycles. The first-order valence-electron chi connectivity index (χ1n) is 9.31. The van der Waals surface area contributed by atoms with Crippen LogP contribution in [0.3, 0.4) is 0 Å². The lowest BCUT2D eigenvalue weighted by atomic mass is 9.94. The number of hydrogen-bond acceptors (Lipinski definition) is 2. The molecule has 2 aliphatic heterocycles. The molecule has 3 aliphatic rings. The van der Waals surface area contributed by atoms with Gasteiger partial charge in [0, 0.05) is 29.2 Å². The molecule has 0 radical (unpaired) electrons. The second kappa shape index (κ2) is 6.45. The van der Waals surface area contributed by atoms with Gasteiger partial charge >= 0.3 is 0 Å². The van der Waals surface area contributed by atoms with E-state index in [0.717, 1.165) is 43.8 Å². The summed E-state index contributed by atoms with van der Waals surface area (Å²) in [7, 11) is 0. The molecule has 3 aromatic rings. The fourth-order valence-electron chi connectivity index (χ4n) is 4.01. The largest absolute Gasteiger partial charge is 0.493 e. The summed E-state index contributed by atoms with van der Waals surface area (Å²) in [6.07, 6.45) is 12.7. The number of nitrogens with one attached hydrogen (secondary N) is 2. The van der Waals surface area contributed by atoms with Gasteiger partial charge in [-0.15, -0.1) is 0 Å². The van der Waals surface area contributed by atoms with Gasteiger partial charge in [0.05, 0.1) is 12.1 Å². The predicted molar refractivity (Wildman–Crippen MR) is 103 cm³/mol. The first-order valence-corrected chi connectivity index (χ1v) is 9.31. The van der Waals surface area contributed by atoms with Gasteiger partial charge in [0.2, 0.25) is 0 Å². The SMILES string of the molecule is C1=CC2=C(OC1)c1cc[nH]c1CC2.c1cc2ccc3c(c2[nH]1)CCCO3. The Morgan fingerprint density at radius 2 is 1.85 bits per heavy atom. The Labute approximate surface area is 152 Å². The van der Waals surface area contributed by atoms with Crippen LogP contribution in [0.25, 0.3) is 16.7 Å². The zero-order chi connectivity index (χ0) is 17.3. The van der Waals surface area contributed by atoms with Crippen LogP contribution in [0, 0.1) is 0 Å². The molecular weight excluding hydrogens is 324 g/mol. The monoisotopic (exact) mass is 346 g/mol. The summed E-state index contributed by atoms with van der Waals surface area (Å²) < 4.78 is 11.2. The van der Waals surface area contributed by atoms with Gasteiger partial charge in [0.25, 0.3) is 0 Å². The minimum Gasteiger partial charge on any atom is -0.493 e. The lowest BCUT2D eigenvalue weighted by Crippen LogP contribution is -2.08. The van der Waals surface area contributed by atoms with Crippen LogP contribution in [-0.4, -0.2) is 23.2 Å². The summed E-state index contributed by atoms with van der Waals surface area (Å²) in [5.74, 6) is 2.14. The van der Waals surface area contributed by atoms with E-state index in [2.05, 4.69) is 46.4 Å². The molecule has 6 rings (SSSR count). The second-order valence-electron chi connectivity index (χ2n) is 6.87. The molecule has 2 N–H and O–H groups in total. The van der Waals surface area contributed by atoms with Crippen molar-refractivity contribution < 1.29 is 9.47 Å². The number of fused-ring (bicyclic) bond motifs is 5. The first kappa shape index (κ1) is 15.4. The zero-order valence-electron chi connectivity index (χ0n) is 14.7. The molecular formula is C22H22N2O2. The van der Waals surface area contributed by atoms with E-state index in [9.17, 15) is 0 Å². The van der Waals surface area contributed by atoms with Crippen LogP contribution in [0.4, 0.5) is 0 Å². The molecule has 0 fully saturated rings. The highest BCUT2D eigenvalue weighted by Crippen LogP contribution is 2.34. The summed E-state index contributed by atoms with van der Waals surface area (Å²) in [6, 6.07) is 8.38. The van der Waals surface area contributed by atoms with Gasteiger partial charge < -0.3 is 19.4 Å². The Bertz CT molecular complexity index is 1010. The Balaban J connectivity index is 0.000000115. The third-order valence-corrected chi connectivity index (χ3v) is 5.28. The molecule has 1 aliphatic carbocycles. The molecule has 0 spiro atoms. The van der Waals surface area contributed by atoms with E-state index in [1.807, 2.05) is 12.4 Å². The van der Waals surface area contributed by atoms with Crippen molar-refractivity contribution in [1.29, 1.82) is 0 Å². The van der Waals surface area contributed by atoms with Gasteiger partial charge in [-0.25, -0.2) is 0 Å². The fourth-order valence-corrected chi connectivity index (χ4v) is 4.01. The fraction of sp³-hybridized carbons (Fsp3) is 0.273. The summed E-state index contributed by atoms with van der Waals surface area (Å²) in [4.78, 5) is 6.52. The van der Waals surface area contributed by atoms with Crippen LogP contribution in [-0.2, 0) is 17.6 Å². The van der Waals surface area contributed by atoms with E-state index in [1.165, 1.54) is 33.3 Å². The first-order chi connectivity index (χ1) is 12.9. The van der Waals surface area contributed by atoms with E-state index < -0.39 is 0 Å². The maximum Gasteiger partial charge on any atom is 0.131 e. The molecule has 0 unspecified atom stereocenters. The molecule has 0 saturated heterocycles. The lowest BCUT2D eigenvalue weighted by molar-refractivity contribution is 0.289. The standard InChI is InChI=1S/2C11H11NO/c1-2-9-10(13-7-1)4-3-8-5-6-12-11(8)9;1-2-8-3-4-10-9(5-6-12-10)11(8)13-7-1/h3-6,12H,1-2,7H2;1-2,5-6,12H,3-4,7H2. The number of ether oxygens (including phenoxy) is 2. The van der Waals surface area contributed by atoms with Crippen molar-refractivity contribution in [2.24, 2.45) is 0 Å². The molecule has 0 amide bonds. The summed E-state index contributed by atoms with van der Waals surface area (Å²) in [6.45, 7) is 1.57. The molecule has 1 aromatic carbocycles. The number of H-pyrrole nitrogens is 2. The molecule has 26 heavy (non-hydrogen) atoms. The van der Waals surface area contributed by atoms with Gasteiger partial charge in [-0.05, 0) is 67.0 Å². The van der Waals surface area contributed by atoms with Crippen molar-refractivity contribution in [2.75, 3.05) is 13.2 Å². The molecule has 4 nitrogen and oxygen atoms in total. The van der Waals surface area contributed by atoms with Crippen molar-refractivity contribution in [2.45, 2.75) is 25.7 Å². The average molecular weight is 346 g/mol. The number of aromatic nitrogens is 2. The quantitative estimate of drug-likeness (QED) is 0.617. The Morgan fingerprint density at radius 1 is 0.885 bits per heavy atom. The lowest BCUT2D eigenvalue weighted by Gasteiger charge is -2.21. The van der Waals surface area contributed by atoms with Crippen LogP contribution in [0.15, 0.2) is 54.4 Å². The Morgan fingerprint density at radius 3 is 2.85 bits per heavy atom. The summed E-state index contributed by atoms with van der Waals surface area (Å²) >= 11 is 0. The number of hydrogen-bond donors (Lipinski definition) is 2. The van der Waals surface area contributed by atoms with Gasteiger partial charge in [-0.2, -0.15) is 0 Å². The average Bonchev–Trinajstić information content (AvgIpc) is 3.38. The van der Waals surface area contributed by atoms with Crippen LogP contribution in [0.5, 0.6) is 5.75 Å². The smallest absolute Gasteiger partial charge is 0.131 e. The maximum atomic E-state index is 5.64. The molecule has 4 heterocycles. The number of aromatic amines is 2. The van der Waals surface area contributed by atoms with E-state index >= 15 is 0 Å². The van der Waals surface area contributed by atoms with Gasteiger partial charge in [-0.3, -0.25) is 0 Å². The van der Waals surface area contributed by atoms with Crippen molar-refractivity contribution in [3.05, 3.63) is 71.2 Å². The predicted octanol–water partition coefficient (Wildman–Crippen LogP) is 4.75. The van der Waals surface area contributed by atoms with Crippen molar-refractivity contribution in [3.8, 4) is 5.75 Å². The molecule has 0 saturated carbocycles. The van der Waals surface area contributed by atoms with Gasteiger partial charge in [0.15, 0.2) is 0 Å². The Kier molecular flexibility index (Phi) is 3.81. The van der Waals surface area contributed by atoms with Gasteiger partial charge in [0.1, 0.15) is 18.1 Å². The Hall–Kier alpha value is -2.88. The maximum absolute atomic E-state index is 5.64. The summed E-state index contributed by atoms with van der Waals surface area (Å²) in [5, 5.41) is 1.28. The minimum atomic E-state index is 0.712. The van der Waals surface area contributed by atoms with Crippen LogP contribution >= 0.6 is 0 Å². The highest BCUT2D eigenvalue weighted by Gasteiger charge is 2.21.